The van der Waals surface area contributed by atoms with E-state index in [0.717, 1.165) is 6.54 Å². The van der Waals surface area contributed by atoms with Gasteiger partial charge in [0.1, 0.15) is 0 Å². The standard InChI is InChI=1S/C16H28N2/c1-15(2,3)18(16(4,5)6)12-14(17)13-10-8-7-9-11-13/h7-11,14H,12,17H2,1-6H3. The van der Waals surface area contributed by atoms with Gasteiger partial charge in [0.2, 0.25) is 0 Å². The van der Waals surface area contributed by atoms with Crippen molar-refractivity contribution in [3.63, 3.8) is 0 Å². The molecule has 0 aliphatic rings. The van der Waals surface area contributed by atoms with Crippen molar-refractivity contribution >= 4 is 0 Å². The quantitative estimate of drug-likeness (QED) is 0.886. The Bertz CT molecular complexity index is 343. The lowest BCUT2D eigenvalue weighted by Crippen LogP contribution is -2.54. The first kappa shape index (κ1) is 15.2. The van der Waals surface area contributed by atoms with E-state index in [1.54, 1.807) is 0 Å². The molecule has 2 heteroatoms. The van der Waals surface area contributed by atoms with Gasteiger partial charge < -0.3 is 5.73 Å². The van der Waals surface area contributed by atoms with Crippen LogP contribution in [0.5, 0.6) is 0 Å². The van der Waals surface area contributed by atoms with Gasteiger partial charge in [-0.1, -0.05) is 30.3 Å². The second-order valence-electron chi connectivity index (χ2n) is 6.97. The van der Waals surface area contributed by atoms with E-state index in [4.69, 9.17) is 5.73 Å². The molecule has 1 aromatic carbocycles. The number of hydrogen-bond acceptors (Lipinski definition) is 2. The van der Waals surface area contributed by atoms with Gasteiger partial charge in [0.25, 0.3) is 0 Å². The minimum Gasteiger partial charge on any atom is -0.323 e. The maximum absolute atomic E-state index is 6.35. The summed E-state index contributed by atoms with van der Waals surface area (Å²) in [6.07, 6.45) is 0. The molecular weight excluding hydrogens is 220 g/mol. The molecule has 1 rings (SSSR count). The summed E-state index contributed by atoms with van der Waals surface area (Å²) < 4.78 is 0. The molecule has 0 bridgehead atoms. The van der Waals surface area contributed by atoms with Crippen molar-refractivity contribution in [1.29, 1.82) is 0 Å². The highest BCUT2D eigenvalue weighted by Gasteiger charge is 2.32. The Morgan fingerprint density at radius 1 is 0.944 bits per heavy atom. The summed E-state index contributed by atoms with van der Waals surface area (Å²) >= 11 is 0. The molecule has 1 atom stereocenters. The van der Waals surface area contributed by atoms with E-state index in [1.807, 2.05) is 18.2 Å². The van der Waals surface area contributed by atoms with Crippen LogP contribution in [0.3, 0.4) is 0 Å². The van der Waals surface area contributed by atoms with Gasteiger partial charge in [-0.05, 0) is 47.1 Å². The highest BCUT2D eigenvalue weighted by molar-refractivity contribution is 5.19. The van der Waals surface area contributed by atoms with E-state index in [0.29, 0.717) is 0 Å². The smallest absolute Gasteiger partial charge is 0.0424 e. The van der Waals surface area contributed by atoms with E-state index in [9.17, 15) is 0 Å². The lowest BCUT2D eigenvalue weighted by Gasteiger charge is -2.46. The summed E-state index contributed by atoms with van der Waals surface area (Å²) in [7, 11) is 0. The van der Waals surface area contributed by atoms with Gasteiger partial charge >= 0.3 is 0 Å². The van der Waals surface area contributed by atoms with Crippen LogP contribution in [0, 0.1) is 0 Å². The van der Waals surface area contributed by atoms with Crippen molar-refractivity contribution in [3.8, 4) is 0 Å². The van der Waals surface area contributed by atoms with Gasteiger partial charge in [0.05, 0.1) is 0 Å². The Hall–Kier alpha value is -0.860. The SMILES string of the molecule is CC(C)(C)N(CC(N)c1ccccc1)C(C)(C)C. The summed E-state index contributed by atoms with van der Waals surface area (Å²) in [5, 5.41) is 0. The number of benzene rings is 1. The Morgan fingerprint density at radius 2 is 1.39 bits per heavy atom. The molecule has 0 aromatic heterocycles. The van der Waals surface area contributed by atoms with E-state index in [1.165, 1.54) is 5.56 Å². The molecule has 2 nitrogen and oxygen atoms in total. The topological polar surface area (TPSA) is 29.3 Å². The first-order valence-electron chi connectivity index (χ1n) is 6.70. The fourth-order valence-corrected chi connectivity index (χ4v) is 2.56. The third-order valence-electron chi connectivity index (χ3n) is 3.23. The van der Waals surface area contributed by atoms with Crippen LogP contribution in [-0.2, 0) is 0 Å². The Balaban J connectivity index is 2.86. The average Bonchev–Trinajstić information content (AvgIpc) is 2.23. The van der Waals surface area contributed by atoms with Crippen LogP contribution in [0.4, 0.5) is 0 Å². The molecule has 102 valence electrons. The molecule has 0 fully saturated rings. The fourth-order valence-electron chi connectivity index (χ4n) is 2.56. The van der Waals surface area contributed by atoms with Gasteiger partial charge in [-0.2, -0.15) is 0 Å². The predicted molar refractivity (Wildman–Crippen MR) is 79.6 cm³/mol. The molecule has 0 spiro atoms. The molecule has 0 radical (unpaired) electrons. The minimum atomic E-state index is 0.0599. The number of nitrogens with zero attached hydrogens (tertiary/aromatic N) is 1. The van der Waals surface area contributed by atoms with E-state index in [-0.39, 0.29) is 17.1 Å². The average molecular weight is 248 g/mol. The van der Waals surface area contributed by atoms with Crippen LogP contribution < -0.4 is 5.73 Å². The predicted octanol–water partition coefficient (Wildman–Crippen LogP) is 3.59. The third kappa shape index (κ3) is 4.11. The molecule has 0 saturated carbocycles. The largest absolute Gasteiger partial charge is 0.323 e. The van der Waals surface area contributed by atoms with Crippen molar-refractivity contribution in [2.75, 3.05) is 6.54 Å². The van der Waals surface area contributed by atoms with Crippen LogP contribution in [0.1, 0.15) is 53.1 Å². The number of rotatable bonds is 3. The molecule has 0 heterocycles. The molecule has 0 aliphatic heterocycles. The second kappa shape index (κ2) is 5.41. The lowest BCUT2D eigenvalue weighted by molar-refractivity contribution is 0.0323. The maximum Gasteiger partial charge on any atom is 0.0424 e. The number of nitrogens with two attached hydrogens (primary N) is 1. The van der Waals surface area contributed by atoms with Crippen LogP contribution in [0.25, 0.3) is 0 Å². The van der Waals surface area contributed by atoms with E-state index >= 15 is 0 Å². The molecule has 0 amide bonds. The maximum atomic E-state index is 6.35. The normalized spacial score (nSPS) is 14.9. The van der Waals surface area contributed by atoms with Gasteiger partial charge in [-0.15, -0.1) is 0 Å². The first-order valence-corrected chi connectivity index (χ1v) is 6.70. The van der Waals surface area contributed by atoms with E-state index in [2.05, 4.69) is 58.6 Å². The molecule has 18 heavy (non-hydrogen) atoms. The molecular formula is C16H28N2. The van der Waals surface area contributed by atoms with Crippen molar-refractivity contribution in [2.24, 2.45) is 5.73 Å². The summed E-state index contributed by atoms with van der Waals surface area (Å²) in [6, 6.07) is 10.4. The third-order valence-corrected chi connectivity index (χ3v) is 3.23. The van der Waals surface area contributed by atoms with Gasteiger partial charge in [-0.25, -0.2) is 0 Å². The van der Waals surface area contributed by atoms with Crippen molar-refractivity contribution in [3.05, 3.63) is 35.9 Å². The highest BCUT2D eigenvalue weighted by atomic mass is 15.2. The van der Waals surface area contributed by atoms with Gasteiger partial charge in [0, 0.05) is 23.7 Å². The minimum absolute atomic E-state index is 0.0599. The first-order chi connectivity index (χ1) is 8.12. The lowest BCUT2D eigenvalue weighted by atomic mass is 9.94. The second-order valence-corrected chi connectivity index (χ2v) is 6.97. The van der Waals surface area contributed by atoms with Crippen LogP contribution >= 0.6 is 0 Å². The molecule has 0 saturated heterocycles. The molecule has 0 aliphatic carbocycles. The fraction of sp³-hybridized carbons (Fsp3) is 0.625. The van der Waals surface area contributed by atoms with E-state index < -0.39 is 0 Å². The summed E-state index contributed by atoms with van der Waals surface area (Å²) in [5.74, 6) is 0. The molecule has 2 N–H and O–H groups in total. The van der Waals surface area contributed by atoms with Crippen LogP contribution in [0.2, 0.25) is 0 Å². The van der Waals surface area contributed by atoms with Crippen LogP contribution in [-0.4, -0.2) is 22.5 Å². The molecule has 1 unspecified atom stereocenters. The zero-order valence-electron chi connectivity index (χ0n) is 12.7. The van der Waals surface area contributed by atoms with Gasteiger partial charge in [0.15, 0.2) is 0 Å². The van der Waals surface area contributed by atoms with Crippen LogP contribution in [0.15, 0.2) is 30.3 Å². The summed E-state index contributed by atoms with van der Waals surface area (Å²) in [5.41, 5.74) is 7.78. The Labute approximate surface area is 112 Å². The zero-order chi connectivity index (χ0) is 14.0. The Kier molecular flexibility index (Phi) is 4.57. The highest BCUT2D eigenvalue weighted by Crippen LogP contribution is 2.27. The summed E-state index contributed by atoms with van der Waals surface area (Å²) in [4.78, 5) is 2.47. The van der Waals surface area contributed by atoms with Crippen molar-refractivity contribution < 1.29 is 0 Å². The summed E-state index contributed by atoms with van der Waals surface area (Å²) in [6.45, 7) is 14.3. The monoisotopic (exact) mass is 248 g/mol. The number of hydrogen-bond donors (Lipinski definition) is 1. The van der Waals surface area contributed by atoms with Crippen molar-refractivity contribution in [2.45, 2.75) is 58.7 Å². The molecule has 1 aromatic rings. The van der Waals surface area contributed by atoms with Crippen molar-refractivity contribution in [1.82, 2.24) is 4.90 Å². The zero-order valence-corrected chi connectivity index (χ0v) is 12.7. The Morgan fingerprint density at radius 3 is 1.78 bits per heavy atom. The van der Waals surface area contributed by atoms with Gasteiger partial charge in [-0.3, -0.25) is 4.90 Å².